The molecule has 0 fully saturated rings. The van der Waals surface area contributed by atoms with Crippen LogP contribution in [0, 0.1) is 12.7 Å². The molecule has 0 unspecified atom stereocenters. The Morgan fingerprint density at radius 2 is 1.69 bits per heavy atom. The Hall–Kier alpha value is -1.26. The highest BCUT2D eigenvalue weighted by Crippen LogP contribution is 2.23. The Labute approximate surface area is 101 Å². The summed E-state index contributed by atoms with van der Waals surface area (Å²) < 4.78 is 13.3. The van der Waals surface area contributed by atoms with Crippen molar-refractivity contribution in [1.29, 1.82) is 0 Å². The molecule has 3 nitrogen and oxygen atoms in total. The lowest BCUT2D eigenvalue weighted by Gasteiger charge is -2.05. The van der Waals surface area contributed by atoms with Crippen LogP contribution in [0.5, 0.6) is 0 Å². The van der Waals surface area contributed by atoms with Crippen molar-refractivity contribution in [3.63, 3.8) is 0 Å². The highest BCUT2D eigenvalue weighted by molar-refractivity contribution is 6.31. The molecule has 1 aromatic carbocycles. The van der Waals surface area contributed by atoms with Gasteiger partial charge in [0, 0.05) is 5.56 Å². The predicted molar refractivity (Wildman–Crippen MR) is 60.0 cm³/mol. The van der Waals surface area contributed by atoms with Crippen LogP contribution in [0.15, 0.2) is 18.2 Å². The van der Waals surface area contributed by atoms with Gasteiger partial charge in [0.15, 0.2) is 5.82 Å². The first kappa shape index (κ1) is 11.2. The van der Waals surface area contributed by atoms with E-state index in [1.807, 2.05) is 0 Å². The van der Waals surface area contributed by atoms with Crippen LogP contribution in [0.3, 0.4) is 0 Å². The minimum Gasteiger partial charge on any atom is -0.207 e. The van der Waals surface area contributed by atoms with E-state index in [1.165, 1.54) is 6.07 Å². The fourth-order valence-corrected chi connectivity index (χ4v) is 1.66. The maximum atomic E-state index is 13.3. The summed E-state index contributed by atoms with van der Waals surface area (Å²) in [6.45, 7) is 1.64. The van der Waals surface area contributed by atoms with Crippen LogP contribution >= 0.6 is 23.2 Å². The molecule has 0 N–H and O–H groups in total. The molecular weight excluding hydrogens is 252 g/mol. The number of rotatable bonds is 1. The standard InChI is InChI=1S/C10H6Cl2FN3/c1-5-6(3-2-4-7(5)13)8-14-9(11)16-10(12)15-8/h2-4H,1H3. The van der Waals surface area contributed by atoms with Crippen molar-refractivity contribution in [2.24, 2.45) is 0 Å². The van der Waals surface area contributed by atoms with E-state index in [9.17, 15) is 4.39 Å². The molecule has 0 radical (unpaired) electrons. The van der Waals surface area contributed by atoms with Gasteiger partial charge in [0.05, 0.1) is 0 Å². The van der Waals surface area contributed by atoms with Crippen LogP contribution in [0.1, 0.15) is 5.56 Å². The zero-order valence-electron chi connectivity index (χ0n) is 8.21. The van der Waals surface area contributed by atoms with Crippen LogP contribution in [0.4, 0.5) is 4.39 Å². The normalized spacial score (nSPS) is 10.5. The van der Waals surface area contributed by atoms with E-state index in [-0.39, 0.29) is 22.2 Å². The molecule has 0 aliphatic rings. The largest absolute Gasteiger partial charge is 0.227 e. The summed E-state index contributed by atoms with van der Waals surface area (Å²) in [4.78, 5) is 11.4. The summed E-state index contributed by atoms with van der Waals surface area (Å²) in [7, 11) is 0. The fraction of sp³-hybridized carbons (Fsp3) is 0.100. The lowest BCUT2D eigenvalue weighted by molar-refractivity contribution is 0.619. The zero-order chi connectivity index (χ0) is 11.7. The minimum absolute atomic E-state index is 0.0151. The van der Waals surface area contributed by atoms with Gasteiger partial charge in [-0.25, -0.2) is 4.39 Å². The van der Waals surface area contributed by atoms with E-state index in [2.05, 4.69) is 15.0 Å². The van der Waals surface area contributed by atoms with Crippen LogP contribution < -0.4 is 0 Å². The number of halogens is 3. The average molecular weight is 258 g/mol. The van der Waals surface area contributed by atoms with Gasteiger partial charge in [0.2, 0.25) is 10.6 Å². The van der Waals surface area contributed by atoms with Crippen molar-refractivity contribution in [2.75, 3.05) is 0 Å². The molecule has 0 aliphatic carbocycles. The van der Waals surface area contributed by atoms with Gasteiger partial charge in [-0.15, -0.1) is 0 Å². The molecule has 0 amide bonds. The first-order valence-corrected chi connectivity index (χ1v) is 5.16. The number of hydrogen-bond acceptors (Lipinski definition) is 3. The van der Waals surface area contributed by atoms with Crippen LogP contribution in [0.2, 0.25) is 10.6 Å². The van der Waals surface area contributed by atoms with Crippen molar-refractivity contribution in [3.8, 4) is 11.4 Å². The van der Waals surface area contributed by atoms with Crippen molar-refractivity contribution in [1.82, 2.24) is 15.0 Å². The summed E-state index contributed by atoms with van der Waals surface area (Å²) in [5.74, 6) is -0.0628. The molecule has 2 rings (SSSR count). The first-order valence-electron chi connectivity index (χ1n) is 4.40. The molecule has 2 aromatic rings. The number of nitrogens with zero attached hydrogens (tertiary/aromatic N) is 3. The summed E-state index contributed by atoms with van der Waals surface area (Å²) >= 11 is 11.3. The summed E-state index contributed by atoms with van der Waals surface area (Å²) in [6, 6.07) is 4.63. The molecule has 0 spiro atoms. The third kappa shape index (κ3) is 2.13. The van der Waals surface area contributed by atoms with Gasteiger partial charge in [-0.1, -0.05) is 12.1 Å². The van der Waals surface area contributed by atoms with Crippen molar-refractivity contribution in [3.05, 3.63) is 40.1 Å². The van der Waals surface area contributed by atoms with Gasteiger partial charge in [-0.2, -0.15) is 15.0 Å². The quantitative estimate of drug-likeness (QED) is 0.787. The van der Waals surface area contributed by atoms with Gasteiger partial charge in [0.25, 0.3) is 0 Å². The summed E-state index contributed by atoms with van der Waals surface area (Å²) in [6.07, 6.45) is 0. The highest BCUT2D eigenvalue weighted by Gasteiger charge is 2.10. The number of benzene rings is 1. The second-order valence-electron chi connectivity index (χ2n) is 3.11. The monoisotopic (exact) mass is 257 g/mol. The molecule has 6 heteroatoms. The maximum Gasteiger partial charge on any atom is 0.227 e. The van der Waals surface area contributed by atoms with Gasteiger partial charge in [-0.05, 0) is 41.8 Å². The Balaban J connectivity index is 2.63. The van der Waals surface area contributed by atoms with E-state index in [0.29, 0.717) is 11.1 Å². The predicted octanol–water partition coefficient (Wildman–Crippen LogP) is 3.29. The summed E-state index contributed by atoms with van der Waals surface area (Å²) in [5.41, 5.74) is 0.993. The van der Waals surface area contributed by atoms with Gasteiger partial charge >= 0.3 is 0 Å². The van der Waals surface area contributed by atoms with Crippen molar-refractivity contribution >= 4 is 23.2 Å². The van der Waals surface area contributed by atoms with Gasteiger partial charge in [-0.3, -0.25) is 0 Å². The minimum atomic E-state index is -0.329. The highest BCUT2D eigenvalue weighted by atomic mass is 35.5. The fourth-order valence-electron chi connectivity index (χ4n) is 1.30. The van der Waals surface area contributed by atoms with E-state index < -0.39 is 0 Å². The van der Waals surface area contributed by atoms with E-state index in [4.69, 9.17) is 23.2 Å². The average Bonchev–Trinajstić information content (AvgIpc) is 2.20. The second-order valence-corrected chi connectivity index (χ2v) is 3.79. The Kier molecular flexibility index (Phi) is 3.03. The Morgan fingerprint density at radius 1 is 1.06 bits per heavy atom. The van der Waals surface area contributed by atoms with Crippen molar-refractivity contribution < 1.29 is 4.39 Å². The molecule has 0 bridgehead atoms. The number of hydrogen-bond donors (Lipinski definition) is 0. The molecule has 0 saturated carbocycles. The summed E-state index contributed by atoms with van der Waals surface area (Å²) in [5, 5.41) is -0.0303. The zero-order valence-corrected chi connectivity index (χ0v) is 9.72. The molecule has 0 atom stereocenters. The molecular formula is C10H6Cl2FN3. The molecule has 1 aromatic heterocycles. The van der Waals surface area contributed by atoms with Crippen LogP contribution in [-0.2, 0) is 0 Å². The lowest BCUT2D eigenvalue weighted by atomic mass is 10.1. The third-order valence-electron chi connectivity index (χ3n) is 2.09. The van der Waals surface area contributed by atoms with Crippen molar-refractivity contribution in [2.45, 2.75) is 6.92 Å². The molecule has 1 heterocycles. The Bertz CT molecular complexity index is 525. The second kappa shape index (κ2) is 4.31. The molecule has 16 heavy (non-hydrogen) atoms. The maximum absolute atomic E-state index is 13.3. The number of aromatic nitrogens is 3. The van der Waals surface area contributed by atoms with E-state index in [0.717, 1.165) is 0 Å². The first-order chi connectivity index (χ1) is 7.58. The smallest absolute Gasteiger partial charge is 0.207 e. The van der Waals surface area contributed by atoms with Crippen LogP contribution in [-0.4, -0.2) is 15.0 Å². The molecule has 0 saturated heterocycles. The molecule has 0 aliphatic heterocycles. The third-order valence-corrected chi connectivity index (χ3v) is 2.43. The molecule has 82 valence electrons. The van der Waals surface area contributed by atoms with Crippen LogP contribution in [0.25, 0.3) is 11.4 Å². The van der Waals surface area contributed by atoms with E-state index in [1.54, 1.807) is 19.1 Å². The van der Waals surface area contributed by atoms with E-state index >= 15 is 0 Å². The SMILES string of the molecule is Cc1c(F)cccc1-c1nc(Cl)nc(Cl)n1. The topological polar surface area (TPSA) is 38.7 Å². The van der Waals surface area contributed by atoms with Gasteiger partial charge in [0.1, 0.15) is 5.82 Å². The lowest BCUT2D eigenvalue weighted by Crippen LogP contribution is -1.96. The Morgan fingerprint density at radius 3 is 2.31 bits per heavy atom. The van der Waals surface area contributed by atoms with Gasteiger partial charge < -0.3 is 0 Å².